The van der Waals surface area contributed by atoms with Gasteiger partial charge in [-0.1, -0.05) is 6.07 Å². The Kier molecular flexibility index (Phi) is 3.66. The van der Waals surface area contributed by atoms with E-state index in [0.717, 1.165) is 4.88 Å². The maximum atomic E-state index is 11.4. The molecule has 74 valence electrons. The summed E-state index contributed by atoms with van der Waals surface area (Å²) in [7, 11) is 1.73. The monoisotopic (exact) mass is 208 g/mol. The number of nitriles is 1. The normalized spacial score (nSPS) is 11.8. The molecule has 1 aromatic heterocycles. The zero-order valence-corrected chi connectivity index (χ0v) is 9.04. The summed E-state index contributed by atoms with van der Waals surface area (Å²) in [5.74, 6) is -0.131. The van der Waals surface area contributed by atoms with E-state index in [0.29, 0.717) is 0 Å². The Morgan fingerprint density at radius 1 is 1.79 bits per heavy atom. The van der Waals surface area contributed by atoms with Gasteiger partial charge in [0.1, 0.15) is 6.42 Å². The molecular formula is C10H12N2OS. The van der Waals surface area contributed by atoms with E-state index in [1.807, 2.05) is 30.5 Å². The molecule has 0 aliphatic carbocycles. The molecule has 1 unspecified atom stereocenters. The molecule has 1 rings (SSSR count). The van der Waals surface area contributed by atoms with Crippen LogP contribution in [0.2, 0.25) is 0 Å². The van der Waals surface area contributed by atoms with E-state index < -0.39 is 0 Å². The van der Waals surface area contributed by atoms with Crippen molar-refractivity contribution in [3.8, 4) is 6.07 Å². The van der Waals surface area contributed by atoms with Gasteiger partial charge < -0.3 is 4.90 Å². The van der Waals surface area contributed by atoms with Crippen LogP contribution in [0.5, 0.6) is 0 Å². The minimum Gasteiger partial charge on any atom is -0.337 e. The third kappa shape index (κ3) is 2.33. The van der Waals surface area contributed by atoms with Crippen LogP contribution >= 0.6 is 11.3 Å². The average molecular weight is 208 g/mol. The van der Waals surface area contributed by atoms with Gasteiger partial charge in [-0.25, -0.2) is 0 Å². The minimum absolute atomic E-state index is 0.0494. The summed E-state index contributed by atoms with van der Waals surface area (Å²) in [6.07, 6.45) is -0.0494. The summed E-state index contributed by atoms with van der Waals surface area (Å²) in [5.41, 5.74) is 0. The summed E-state index contributed by atoms with van der Waals surface area (Å²) in [6, 6.07) is 5.86. The molecule has 0 aliphatic rings. The first kappa shape index (κ1) is 10.7. The third-order valence-corrected chi connectivity index (χ3v) is 3.20. The van der Waals surface area contributed by atoms with Crippen molar-refractivity contribution in [1.29, 1.82) is 5.26 Å². The summed E-state index contributed by atoms with van der Waals surface area (Å²) in [5, 5.41) is 10.4. The van der Waals surface area contributed by atoms with Crippen LogP contribution in [0.4, 0.5) is 0 Å². The fraction of sp³-hybridized carbons (Fsp3) is 0.400. The van der Waals surface area contributed by atoms with Crippen molar-refractivity contribution >= 4 is 17.2 Å². The van der Waals surface area contributed by atoms with Crippen molar-refractivity contribution in [1.82, 2.24) is 4.90 Å². The minimum atomic E-state index is -0.131. The van der Waals surface area contributed by atoms with Gasteiger partial charge >= 0.3 is 0 Å². The van der Waals surface area contributed by atoms with Gasteiger partial charge in [-0.3, -0.25) is 4.79 Å². The Morgan fingerprint density at radius 3 is 3.00 bits per heavy atom. The molecule has 0 saturated carbocycles. The number of carbonyl (C=O) groups is 1. The molecule has 0 spiro atoms. The van der Waals surface area contributed by atoms with E-state index in [4.69, 9.17) is 5.26 Å². The smallest absolute Gasteiger partial charge is 0.237 e. The number of amides is 1. The lowest BCUT2D eigenvalue weighted by Crippen LogP contribution is -2.28. The lowest BCUT2D eigenvalue weighted by Gasteiger charge is -2.22. The van der Waals surface area contributed by atoms with Gasteiger partial charge in [0.25, 0.3) is 0 Å². The second-order valence-corrected chi connectivity index (χ2v) is 4.01. The Morgan fingerprint density at radius 2 is 2.50 bits per heavy atom. The Hall–Kier alpha value is -1.34. The third-order valence-electron chi connectivity index (χ3n) is 2.16. The molecule has 0 N–H and O–H groups in total. The quantitative estimate of drug-likeness (QED) is 0.764. The molecule has 1 amide bonds. The molecular weight excluding hydrogens is 196 g/mol. The molecule has 0 aliphatic heterocycles. The van der Waals surface area contributed by atoms with Gasteiger partial charge in [0.15, 0.2) is 0 Å². The van der Waals surface area contributed by atoms with E-state index in [1.54, 1.807) is 23.3 Å². The van der Waals surface area contributed by atoms with Crippen LogP contribution in [0.1, 0.15) is 24.3 Å². The average Bonchev–Trinajstić information content (AvgIpc) is 2.68. The first-order valence-electron chi connectivity index (χ1n) is 4.33. The first-order valence-corrected chi connectivity index (χ1v) is 5.20. The standard InChI is InChI=1S/C10H12N2OS/c1-8(9-4-3-7-14-9)12(2)10(13)5-6-11/h3-4,7-8H,5H2,1-2H3. The highest BCUT2D eigenvalue weighted by Crippen LogP contribution is 2.23. The Bertz CT molecular complexity index is 340. The van der Waals surface area contributed by atoms with Crippen molar-refractivity contribution in [2.75, 3.05) is 7.05 Å². The number of nitrogens with zero attached hydrogens (tertiary/aromatic N) is 2. The summed E-state index contributed by atoms with van der Waals surface area (Å²) >= 11 is 1.62. The topological polar surface area (TPSA) is 44.1 Å². The molecule has 1 heterocycles. The van der Waals surface area contributed by atoms with Gasteiger partial charge in [-0.05, 0) is 18.4 Å². The molecule has 0 radical (unpaired) electrons. The molecule has 0 aromatic carbocycles. The predicted octanol–water partition coefficient (Wildman–Crippen LogP) is 2.18. The number of thiophene rings is 1. The molecule has 0 bridgehead atoms. The van der Waals surface area contributed by atoms with Crippen molar-refractivity contribution in [3.05, 3.63) is 22.4 Å². The molecule has 14 heavy (non-hydrogen) atoms. The van der Waals surface area contributed by atoms with Gasteiger partial charge in [-0.15, -0.1) is 11.3 Å². The lowest BCUT2D eigenvalue weighted by atomic mass is 10.2. The van der Waals surface area contributed by atoms with Crippen molar-refractivity contribution in [3.63, 3.8) is 0 Å². The SMILES string of the molecule is CC(c1cccs1)N(C)C(=O)CC#N. The summed E-state index contributed by atoms with van der Waals surface area (Å²) in [6.45, 7) is 1.96. The van der Waals surface area contributed by atoms with Gasteiger partial charge in [0.2, 0.25) is 5.91 Å². The fourth-order valence-corrected chi connectivity index (χ4v) is 1.95. The van der Waals surface area contributed by atoms with Crippen LogP contribution in [0.25, 0.3) is 0 Å². The number of rotatable bonds is 3. The highest BCUT2D eigenvalue weighted by atomic mass is 32.1. The van der Waals surface area contributed by atoms with E-state index in [2.05, 4.69) is 0 Å². The summed E-state index contributed by atoms with van der Waals surface area (Å²) < 4.78 is 0. The van der Waals surface area contributed by atoms with Gasteiger partial charge in [0, 0.05) is 11.9 Å². The largest absolute Gasteiger partial charge is 0.337 e. The highest BCUT2D eigenvalue weighted by molar-refractivity contribution is 7.10. The second kappa shape index (κ2) is 4.77. The molecule has 1 aromatic rings. The molecule has 1 atom stereocenters. The van der Waals surface area contributed by atoms with Gasteiger partial charge in [-0.2, -0.15) is 5.26 Å². The predicted molar refractivity (Wildman–Crippen MR) is 55.7 cm³/mol. The van der Waals surface area contributed by atoms with E-state index >= 15 is 0 Å². The molecule has 3 nitrogen and oxygen atoms in total. The molecule has 4 heteroatoms. The highest BCUT2D eigenvalue weighted by Gasteiger charge is 2.17. The van der Waals surface area contributed by atoms with Crippen LogP contribution in [-0.4, -0.2) is 17.9 Å². The van der Waals surface area contributed by atoms with Crippen LogP contribution in [0, 0.1) is 11.3 Å². The lowest BCUT2D eigenvalue weighted by molar-refractivity contribution is -0.130. The maximum Gasteiger partial charge on any atom is 0.237 e. The van der Waals surface area contributed by atoms with E-state index in [-0.39, 0.29) is 18.4 Å². The zero-order valence-electron chi connectivity index (χ0n) is 8.23. The summed E-state index contributed by atoms with van der Waals surface area (Å²) in [4.78, 5) is 14.1. The van der Waals surface area contributed by atoms with Crippen molar-refractivity contribution < 1.29 is 4.79 Å². The Balaban J connectivity index is 2.66. The fourth-order valence-electron chi connectivity index (χ4n) is 1.13. The van der Waals surface area contributed by atoms with Crippen molar-refractivity contribution in [2.45, 2.75) is 19.4 Å². The zero-order chi connectivity index (χ0) is 10.6. The van der Waals surface area contributed by atoms with Crippen LogP contribution in [0.15, 0.2) is 17.5 Å². The molecule has 0 saturated heterocycles. The molecule has 0 fully saturated rings. The van der Waals surface area contributed by atoms with E-state index in [9.17, 15) is 4.79 Å². The number of carbonyl (C=O) groups excluding carboxylic acids is 1. The van der Waals surface area contributed by atoms with Crippen LogP contribution in [-0.2, 0) is 4.79 Å². The number of hydrogen-bond acceptors (Lipinski definition) is 3. The van der Waals surface area contributed by atoms with Gasteiger partial charge in [0.05, 0.1) is 12.1 Å². The van der Waals surface area contributed by atoms with Crippen LogP contribution < -0.4 is 0 Å². The maximum absolute atomic E-state index is 11.4. The van der Waals surface area contributed by atoms with E-state index in [1.165, 1.54) is 0 Å². The number of hydrogen-bond donors (Lipinski definition) is 0. The Labute approximate surface area is 87.6 Å². The van der Waals surface area contributed by atoms with Crippen molar-refractivity contribution in [2.24, 2.45) is 0 Å². The van der Waals surface area contributed by atoms with Crippen LogP contribution in [0.3, 0.4) is 0 Å². The second-order valence-electron chi connectivity index (χ2n) is 3.03. The first-order chi connectivity index (χ1) is 6.66.